The molecule has 0 saturated carbocycles. The number of aromatic nitrogens is 4. The van der Waals surface area contributed by atoms with E-state index in [2.05, 4.69) is 105 Å². The molecule has 0 unspecified atom stereocenters. The Balaban J connectivity index is 0.000000193. The Morgan fingerprint density at radius 2 is 1.51 bits per heavy atom. The predicted molar refractivity (Wildman–Crippen MR) is 235 cm³/mol. The molecular weight excluding hydrogens is 937 g/mol. The number of para-hydroxylation sites is 2. The van der Waals surface area contributed by atoms with Gasteiger partial charge in [-0.1, -0.05) is 65.5 Å². The van der Waals surface area contributed by atoms with Gasteiger partial charge in [-0.3, -0.25) is 4.98 Å². The Bertz CT molecular complexity index is 2910. The SMILES string of the molecule is Cc1ccc2c(n1)oc1c(-c3nc4ccccc4n3-c3cccc(-c4ccccc4)c3)[c-]ccc12.[2H]C([2H])(c1cc(-c2[c-]cccc2)nc[c]1[Ge]([CH3])([CH3])[CH3])C(C)(C)C.[Ir]. The molecule has 0 fully saturated rings. The number of aryl methyl sites for hydroxylation is 1. The monoisotopic (exact) mass is 987 g/mol. The average molecular weight is 986 g/mol. The van der Waals surface area contributed by atoms with Gasteiger partial charge in [0.1, 0.15) is 0 Å². The largest absolute Gasteiger partial charge is 0 e. The maximum atomic E-state index is 8.76. The molecule has 287 valence electrons. The van der Waals surface area contributed by atoms with Crippen molar-refractivity contribution in [2.45, 2.75) is 51.3 Å². The summed E-state index contributed by atoms with van der Waals surface area (Å²) in [5, 5.41) is 2.01. The molecule has 0 aliphatic carbocycles. The molecule has 9 aromatic rings. The Morgan fingerprint density at radius 3 is 2.26 bits per heavy atom. The zero-order valence-corrected chi connectivity index (χ0v) is 37.8. The van der Waals surface area contributed by atoms with Crippen LogP contribution in [0.3, 0.4) is 0 Å². The maximum absolute atomic E-state index is 8.76. The number of benzene rings is 5. The van der Waals surface area contributed by atoms with E-state index in [4.69, 9.17) is 12.1 Å². The van der Waals surface area contributed by atoms with Crippen LogP contribution in [0.4, 0.5) is 0 Å². The first kappa shape index (κ1) is 37.4. The Kier molecular flexibility index (Phi) is 10.8. The quantitative estimate of drug-likeness (QED) is 0.123. The molecule has 0 atom stereocenters. The van der Waals surface area contributed by atoms with Crippen LogP contribution in [-0.4, -0.2) is 32.8 Å². The van der Waals surface area contributed by atoms with Crippen molar-refractivity contribution < 1.29 is 27.3 Å². The van der Waals surface area contributed by atoms with Gasteiger partial charge in [0.2, 0.25) is 5.71 Å². The minimum absolute atomic E-state index is 0. The van der Waals surface area contributed by atoms with Gasteiger partial charge < -0.3 is 8.98 Å². The minimum atomic E-state index is -2.24. The van der Waals surface area contributed by atoms with Crippen LogP contribution in [0.5, 0.6) is 0 Å². The summed E-state index contributed by atoms with van der Waals surface area (Å²) in [4.78, 5) is 14.3. The van der Waals surface area contributed by atoms with Crippen LogP contribution < -0.4 is 4.40 Å². The molecule has 0 spiro atoms. The first-order valence-electron chi connectivity index (χ1n) is 20.0. The van der Waals surface area contributed by atoms with Crippen LogP contribution in [0.2, 0.25) is 17.3 Å². The van der Waals surface area contributed by atoms with E-state index in [0.717, 1.165) is 76.9 Å². The second-order valence-corrected chi connectivity index (χ2v) is 26.8. The van der Waals surface area contributed by atoms with E-state index in [0.29, 0.717) is 5.71 Å². The molecule has 0 N–H and O–H groups in total. The number of hydrogen-bond donors (Lipinski definition) is 0. The van der Waals surface area contributed by atoms with Crippen LogP contribution in [0, 0.1) is 24.5 Å². The van der Waals surface area contributed by atoms with Crippen molar-refractivity contribution in [3.05, 3.63) is 163 Å². The maximum Gasteiger partial charge on any atom is 0 e. The smallest absolute Gasteiger partial charge is 0 e. The van der Waals surface area contributed by atoms with E-state index < -0.39 is 25.1 Å². The van der Waals surface area contributed by atoms with Gasteiger partial charge in [-0.15, -0.1) is 18.2 Å². The minimum Gasteiger partial charge on any atom is 0 e. The zero-order valence-electron chi connectivity index (χ0n) is 35.3. The second kappa shape index (κ2) is 16.4. The third-order valence-electron chi connectivity index (χ3n) is 9.64. The Labute approximate surface area is 354 Å². The number of furan rings is 1. The zero-order chi connectivity index (χ0) is 40.8. The van der Waals surface area contributed by atoms with Gasteiger partial charge >= 0.3 is 135 Å². The van der Waals surface area contributed by atoms with Crippen LogP contribution in [-0.2, 0) is 26.5 Å². The van der Waals surface area contributed by atoms with Crippen molar-refractivity contribution in [3.8, 4) is 39.5 Å². The Morgan fingerprint density at radius 1 is 0.754 bits per heavy atom. The molecule has 4 heterocycles. The second-order valence-electron chi connectivity index (χ2n) is 16.2. The van der Waals surface area contributed by atoms with Crippen molar-refractivity contribution in [2.24, 2.45) is 5.41 Å². The molecule has 0 amide bonds. The molecule has 1 radical (unpaired) electrons. The Hall–Kier alpha value is -5.14. The summed E-state index contributed by atoms with van der Waals surface area (Å²) in [7, 11) is 0. The van der Waals surface area contributed by atoms with Gasteiger partial charge in [-0.25, -0.2) is 4.98 Å². The summed E-state index contributed by atoms with van der Waals surface area (Å²) in [6, 6.07) is 51.5. The van der Waals surface area contributed by atoms with Crippen LogP contribution in [0.1, 0.15) is 34.8 Å². The number of nitrogens with zero attached hydrogens (tertiary/aromatic N) is 4. The molecule has 9 rings (SSSR count). The van der Waals surface area contributed by atoms with Crippen molar-refractivity contribution in [3.63, 3.8) is 0 Å². The van der Waals surface area contributed by atoms with Gasteiger partial charge in [0.05, 0.1) is 22.4 Å². The molecule has 0 aliphatic heterocycles. The topological polar surface area (TPSA) is 56.7 Å². The summed E-state index contributed by atoms with van der Waals surface area (Å²) in [5.74, 6) is 7.65. The van der Waals surface area contributed by atoms with E-state index in [1.54, 1.807) is 0 Å². The van der Waals surface area contributed by atoms with E-state index >= 15 is 0 Å². The van der Waals surface area contributed by atoms with Crippen LogP contribution >= 0.6 is 0 Å². The predicted octanol–water partition coefficient (Wildman–Crippen LogP) is 12.4. The van der Waals surface area contributed by atoms with Crippen molar-refractivity contribution in [1.82, 2.24) is 19.5 Å². The van der Waals surface area contributed by atoms with Crippen LogP contribution in [0.15, 0.2) is 144 Å². The van der Waals surface area contributed by atoms with Crippen LogP contribution in [0.25, 0.3) is 72.6 Å². The number of hydrogen-bond acceptors (Lipinski definition) is 4. The third-order valence-corrected chi connectivity index (χ3v) is 13.9. The summed E-state index contributed by atoms with van der Waals surface area (Å²) < 4.78 is 27.2. The molecule has 57 heavy (non-hydrogen) atoms. The van der Waals surface area contributed by atoms with Crippen molar-refractivity contribution in [2.75, 3.05) is 0 Å². The fraction of sp³-hybridized carbons (Fsp3) is 0.180. The fourth-order valence-corrected chi connectivity index (χ4v) is 9.98. The molecule has 5 nitrogen and oxygen atoms in total. The first-order chi connectivity index (χ1) is 27.7. The standard InChI is InChI=1S/C31H20N3O.C19H26GeN.Ir/c1-20-17-18-25-24-13-8-14-26(29(24)35-31(25)32-20)30-33-27-15-5-6-16-28(27)34(30)23-12-7-11-22(19-23)21-9-3-2-4-10-21;1-19(2,3)13-16-12-18(15-10-8-7-9-11-15)21-14-17(16)20(4,5)6;/h2-13,15-19H,1H3;7-10,12,14H,13H2,1-6H3;/q2*-1;/i;13D2;. The summed E-state index contributed by atoms with van der Waals surface area (Å²) in [6.07, 6.45) is 0.502. The number of imidazole rings is 1. The molecule has 5 aromatic carbocycles. The van der Waals surface area contributed by atoms with E-state index in [-0.39, 0.29) is 20.1 Å². The summed E-state index contributed by atoms with van der Waals surface area (Å²) in [5.41, 5.74) is 10.5. The average Bonchev–Trinajstić information content (AvgIpc) is 3.79. The third kappa shape index (κ3) is 8.60. The van der Waals surface area contributed by atoms with Crippen molar-refractivity contribution >= 4 is 50.8 Å². The fourth-order valence-electron chi connectivity index (χ4n) is 7.05. The molecular formula is C50H46GeIrN4O-2. The summed E-state index contributed by atoms with van der Waals surface area (Å²) >= 11 is -2.24. The number of fused-ring (bicyclic) bond motifs is 4. The van der Waals surface area contributed by atoms with Gasteiger partial charge in [0, 0.05) is 36.9 Å². The molecule has 4 aromatic heterocycles. The number of pyridine rings is 2. The van der Waals surface area contributed by atoms with Gasteiger partial charge in [0.25, 0.3) is 0 Å². The van der Waals surface area contributed by atoms with E-state index in [1.165, 1.54) is 5.56 Å². The number of rotatable bonds is 6. The molecule has 7 heteroatoms. The summed E-state index contributed by atoms with van der Waals surface area (Å²) in [6.45, 7) is 7.85. The normalized spacial score (nSPS) is 12.5. The molecule has 0 bridgehead atoms. The first-order valence-corrected chi connectivity index (χ1v) is 26.4. The van der Waals surface area contributed by atoms with Gasteiger partial charge in [0.15, 0.2) is 0 Å². The van der Waals surface area contributed by atoms with Gasteiger partial charge in [-0.05, 0) is 54.4 Å². The molecule has 0 saturated heterocycles. The molecule has 0 aliphatic rings. The van der Waals surface area contributed by atoms with E-state index in [1.807, 2.05) is 107 Å². The van der Waals surface area contributed by atoms with Gasteiger partial charge in [-0.2, -0.15) is 0 Å². The van der Waals surface area contributed by atoms with Crippen molar-refractivity contribution in [1.29, 1.82) is 0 Å². The van der Waals surface area contributed by atoms with E-state index in [9.17, 15) is 0 Å².